The summed E-state index contributed by atoms with van der Waals surface area (Å²) in [7, 11) is -1.24. The van der Waals surface area contributed by atoms with E-state index in [1.54, 1.807) is 24.3 Å². The lowest BCUT2D eigenvalue weighted by Gasteiger charge is -2.41. The van der Waals surface area contributed by atoms with Crippen molar-refractivity contribution >= 4 is 24.6 Å². The molecule has 2 aromatic carbocycles. The fourth-order valence-corrected chi connectivity index (χ4v) is 5.33. The number of carbonyl (C=O) groups excluding carboxylic acids is 2. The SMILES string of the molecule is CC1=C2B(O)O[C@H](c3ccc(O)c(F)c3)C[C@H]2[C@H]2C(=O)N(c3ccccc3)C(=O)[C@H]2C1. The van der Waals surface area contributed by atoms with E-state index in [2.05, 4.69) is 0 Å². The summed E-state index contributed by atoms with van der Waals surface area (Å²) in [6.07, 6.45) is 0.0548. The van der Waals surface area contributed by atoms with Gasteiger partial charge in [0.2, 0.25) is 11.8 Å². The molecule has 2 aromatic rings. The smallest absolute Gasteiger partial charge is 0.487 e. The van der Waals surface area contributed by atoms with Gasteiger partial charge in [-0.25, -0.2) is 4.39 Å². The van der Waals surface area contributed by atoms with E-state index in [0.717, 1.165) is 5.57 Å². The van der Waals surface area contributed by atoms with Gasteiger partial charge in [0.15, 0.2) is 11.6 Å². The molecule has 0 unspecified atom stereocenters. The largest absolute Gasteiger partial charge is 0.505 e. The van der Waals surface area contributed by atoms with Gasteiger partial charge in [-0.1, -0.05) is 29.8 Å². The van der Waals surface area contributed by atoms with Crippen molar-refractivity contribution in [1.82, 2.24) is 0 Å². The van der Waals surface area contributed by atoms with Crippen molar-refractivity contribution in [2.75, 3.05) is 4.90 Å². The number of carbonyl (C=O) groups is 2. The zero-order chi connectivity index (χ0) is 21.9. The monoisotopic (exact) mass is 421 g/mol. The van der Waals surface area contributed by atoms with Gasteiger partial charge in [0.05, 0.1) is 23.6 Å². The van der Waals surface area contributed by atoms with Crippen LogP contribution < -0.4 is 4.90 Å². The first-order valence-electron chi connectivity index (χ1n) is 10.3. The Morgan fingerprint density at radius 3 is 2.55 bits per heavy atom. The number of phenolic OH excluding ortho intramolecular Hbond substituents is 1. The van der Waals surface area contributed by atoms with Crippen molar-refractivity contribution in [3.8, 4) is 5.75 Å². The topological polar surface area (TPSA) is 87.1 Å². The van der Waals surface area contributed by atoms with Crippen molar-refractivity contribution in [2.45, 2.75) is 25.9 Å². The molecule has 2 fully saturated rings. The Morgan fingerprint density at radius 1 is 1.10 bits per heavy atom. The molecule has 2 saturated heterocycles. The Kier molecular flexibility index (Phi) is 4.71. The first-order chi connectivity index (χ1) is 14.9. The summed E-state index contributed by atoms with van der Waals surface area (Å²) in [5, 5.41) is 20.2. The molecule has 3 aliphatic rings. The van der Waals surface area contributed by atoms with Gasteiger partial charge >= 0.3 is 7.12 Å². The van der Waals surface area contributed by atoms with Crippen LogP contribution in [0.4, 0.5) is 10.1 Å². The molecule has 0 aromatic heterocycles. The average Bonchev–Trinajstić information content (AvgIpc) is 3.00. The lowest BCUT2D eigenvalue weighted by Crippen LogP contribution is -2.44. The number of allylic oxidation sites excluding steroid dienone is 2. The highest BCUT2D eigenvalue weighted by atomic mass is 19.1. The fourth-order valence-electron chi connectivity index (χ4n) is 5.33. The van der Waals surface area contributed by atoms with E-state index in [-0.39, 0.29) is 11.8 Å². The molecule has 0 spiro atoms. The van der Waals surface area contributed by atoms with Crippen molar-refractivity contribution in [3.63, 3.8) is 0 Å². The molecule has 158 valence electrons. The van der Waals surface area contributed by atoms with E-state index in [9.17, 15) is 24.1 Å². The molecule has 0 radical (unpaired) electrons. The highest BCUT2D eigenvalue weighted by Gasteiger charge is 2.57. The molecule has 5 rings (SSSR count). The van der Waals surface area contributed by atoms with Gasteiger partial charge in [0.1, 0.15) is 0 Å². The van der Waals surface area contributed by atoms with Gasteiger partial charge in [0.25, 0.3) is 0 Å². The fraction of sp³-hybridized carbons (Fsp3) is 0.304. The number of aromatic hydroxyl groups is 1. The van der Waals surface area contributed by atoms with E-state index >= 15 is 0 Å². The van der Waals surface area contributed by atoms with Gasteiger partial charge in [-0.15, -0.1) is 0 Å². The summed E-state index contributed by atoms with van der Waals surface area (Å²) in [6, 6.07) is 12.8. The summed E-state index contributed by atoms with van der Waals surface area (Å²) >= 11 is 0. The quantitative estimate of drug-likeness (QED) is 0.575. The van der Waals surface area contributed by atoms with Crippen LogP contribution in [-0.4, -0.2) is 29.1 Å². The third-order valence-electron chi connectivity index (χ3n) is 6.71. The van der Waals surface area contributed by atoms with Gasteiger partial charge in [-0.05, 0) is 61.0 Å². The number of nitrogens with zero attached hydrogens (tertiary/aromatic N) is 1. The maximum Gasteiger partial charge on any atom is 0.487 e. The molecule has 6 nitrogen and oxygen atoms in total. The molecule has 31 heavy (non-hydrogen) atoms. The highest BCUT2D eigenvalue weighted by Crippen LogP contribution is 2.51. The van der Waals surface area contributed by atoms with Crippen molar-refractivity contribution in [2.24, 2.45) is 17.8 Å². The average molecular weight is 421 g/mol. The molecule has 0 bridgehead atoms. The van der Waals surface area contributed by atoms with Gasteiger partial charge in [-0.2, -0.15) is 0 Å². The maximum absolute atomic E-state index is 13.9. The normalized spacial score (nSPS) is 28.1. The van der Waals surface area contributed by atoms with Crippen LogP contribution >= 0.6 is 0 Å². The van der Waals surface area contributed by atoms with Crippen LogP contribution in [0.25, 0.3) is 0 Å². The highest BCUT2D eigenvalue weighted by molar-refractivity contribution is 6.53. The van der Waals surface area contributed by atoms with Crippen molar-refractivity contribution in [3.05, 3.63) is 71.0 Å². The third kappa shape index (κ3) is 3.09. The lowest BCUT2D eigenvalue weighted by molar-refractivity contribution is -0.123. The zero-order valence-electron chi connectivity index (χ0n) is 16.9. The second-order valence-corrected chi connectivity index (χ2v) is 8.45. The number of fused-ring (bicyclic) bond motifs is 3. The van der Waals surface area contributed by atoms with Crippen molar-refractivity contribution < 1.29 is 28.8 Å². The van der Waals surface area contributed by atoms with Gasteiger partial charge in [0, 0.05) is 0 Å². The molecule has 8 heteroatoms. The van der Waals surface area contributed by atoms with Crippen LogP contribution in [0.3, 0.4) is 0 Å². The molecule has 2 heterocycles. The number of rotatable bonds is 2. The zero-order valence-corrected chi connectivity index (χ0v) is 16.9. The van der Waals surface area contributed by atoms with Gasteiger partial charge < -0.3 is 14.8 Å². The number of benzene rings is 2. The third-order valence-corrected chi connectivity index (χ3v) is 6.71. The molecule has 2 amide bonds. The van der Waals surface area contributed by atoms with E-state index < -0.39 is 42.5 Å². The van der Waals surface area contributed by atoms with E-state index in [0.29, 0.717) is 29.6 Å². The van der Waals surface area contributed by atoms with Crippen LogP contribution in [0, 0.1) is 23.6 Å². The number of phenols is 1. The number of anilines is 1. The molecular formula is C23H21BFNO5. The summed E-state index contributed by atoms with van der Waals surface area (Å²) in [4.78, 5) is 27.9. The molecule has 2 aliphatic heterocycles. The van der Waals surface area contributed by atoms with Crippen LogP contribution in [-0.2, 0) is 14.2 Å². The minimum atomic E-state index is -1.24. The van der Waals surface area contributed by atoms with Gasteiger partial charge in [-0.3, -0.25) is 14.5 Å². The van der Waals surface area contributed by atoms with E-state index in [1.165, 1.54) is 23.1 Å². The molecule has 4 atom stereocenters. The van der Waals surface area contributed by atoms with Crippen LogP contribution in [0.5, 0.6) is 5.75 Å². The Morgan fingerprint density at radius 2 is 1.84 bits per heavy atom. The summed E-state index contributed by atoms with van der Waals surface area (Å²) in [6.45, 7) is 1.86. The predicted molar refractivity (Wildman–Crippen MR) is 111 cm³/mol. The minimum Gasteiger partial charge on any atom is -0.505 e. The Balaban J connectivity index is 1.52. The molecule has 0 saturated carbocycles. The summed E-state index contributed by atoms with van der Waals surface area (Å²) in [5.41, 5.74) is 2.50. The molecule has 2 N–H and O–H groups in total. The first-order valence-corrected chi connectivity index (χ1v) is 10.3. The number of imide groups is 1. The molecular weight excluding hydrogens is 400 g/mol. The Bertz CT molecular complexity index is 1100. The lowest BCUT2D eigenvalue weighted by atomic mass is 9.55. The standard InChI is InChI=1S/C23H21BFNO5/c1-12-9-16-20(23(29)26(22(16)28)14-5-3-2-4-6-14)15-11-19(31-24(30)21(12)15)13-7-8-18(27)17(25)10-13/h2-8,10,15-16,19-20,27,30H,9,11H2,1H3/t15-,16-,19-,20+/m0/s1. The Hall–Kier alpha value is -2.97. The first kappa shape index (κ1) is 20.0. The van der Waals surface area contributed by atoms with Crippen LogP contribution in [0.15, 0.2) is 59.6 Å². The summed E-state index contributed by atoms with van der Waals surface area (Å²) in [5.74, 6) is -3.25. The minimum absolute atomic E-state index is 0.229. The summed E-state index contributed by atoms with van der Waals surface area (Å²) < 4.78 is 19.7. The maximum atomic E-state index is 13.9. The van der Waals surface area contributed by atoms with Crippen LogP contribution in [0.1, 0.15) is 31.4 Å². The van der Waals surface area contributed by atoms with Crippen molar-refractivity contribution in [1.29, 1.82) is 0 Å². The number of para-hydroxylation sites is 1. The number of hydrogen-bond acceptors (Lipinski definition) is 5. The number of hydrogen-bond donors (Lipinski definition) is 2. The number of halogens is 1. The Labute approximate surface area is 179 Å². The second-order valence-electron chi connectivity index (χ2n) is 8.45. The molecule has 1 aliphatic carbocycles. The van der Waals surface area contributed by atoms with E-state index in [1.807, 2.05) is 13.0 Å². The predicted octanol–water partition coefficient (Wildman–Crippen LogP) is 3.15. The second kappa shape index (κ2) is 7.32. The van der Waals surface area contributed by atoms with E-state index in [4.69, 9.17) is 4.65 Å². The number of amides is 2. The van der Waals surface area contributed by atoms with Crippen LogP contribution in [0.2, 0.25) is 0 Å².